The summed E-state index contributed by atoms with van der Waals surface area (Å²) in [5.41, 5.74) is 0.186. The molecule has 382 valence electrons. The maximum absolute atomic E-state index is 14.7. The number of methoxy groups -OCH3 is 2. The highest BCUT2D eigenvalue weighted by Gasteiger charge is 2.52. The van der Waals surface area contributed by atoms with Gasteiger partial charge in [-0.2, -0.15) is 0 Å². The molecule has 2 aliphatic heterocycles. The summed E-state index contributed by atoms with van der Waals surface area (Å²) in [4.78, 5) is 100.0. The number of carbonyl (C=O) groups excluding carboxylic acids is 6. The Kier molecular flexibility index (Phi) is 21.1. The van der Waals surface area contributed by atoms with E-state index in [0.717, 1.165) is 31.2 Å². The molecule has 3 fully saturated rings. The Balaban J connectivity index is 1.41. The molecule has 68 heavy (non-hydrogen) atoms. The summed E-state index contributed by atoms with van der Waals surface area (Å²) in [6.45, 7) is 15.7. The molecular formula is C51H82N6O11. The number of amides is 6. The number of hydrogen-bond acceptors (Lipinski definition) is 10. The highest BCUT2D eigenvalue weighted by molar-refractivity contribution is 5.93. The van der Waals surface area contributed by atoms with Gasteiger partial charge in [0.15, 0.2) is 0 Å². The topological polar surface area (TPSA) is 213 Å². The number of carbonyl (C=O) groups is 7. The zero-order valence-corrected chi connectivity index (χ0v) is 42.6. The van der Waals surface area contributed by atoms with Gasteiger partial charge in [-0.25, -0.2) is 9.59 Å². The fourth-order valence-electron chi connectivity index (χ4n) is 10.5. The van der Waals surface area contributed by atoms with Crippen LogP contribution in [0.15, 0.2) is 30.3 Å². The van der Waals surface area contributed by atoms with Crippen LogP contribution in [-0.4, -0.2) is 150 Å². The van der Waals surface area contributed by atoms with Crippen molar-refractivity contribution in [2.75, 3.05) is 34.4 Å². The molecule has 0 radical (unpaired) electrons. The molecule has 1 aromatic carbocycles. The van der Waals surface area contributed by atoms with Crippen molar-refractivity contribution in [3.05, 3.63) is 35.9 Å². The lowest BCUT2D eigenvalue weighted by molar-refractivity contribution is -0.149. The number of fused-ring (bicyclic) bond motifs is 2. The number of carboxylic acid groups (broad SMARTS) is 1. The molecule has 2 saturated heterocycles. The Morgan fingerprint density at radius 2 is 1.59 bits per heavy atom. The standard InChI is InChI=1S/C51H82N6O11/c1-12-32(4)43(39(66-10)30-41(59)56-27-19-22-38(56)45(67-11)33(5)46(60)53-37(49(63)64)28-34-20-15-13-16-21-34)55(9)48(62)42(31(2)3)54-47(61)44-35-24-25-36(29-35)57(44)40(58)23-17-14-18-26-52-50(65)68-51(6,7)8/h13,15-16,20-21,31-33,35-39,42-45H,12,14,17-19,22-30H2,1-11H3,(H,52,65)(H,53,60)(H,54,61)(H,63,64)/t32-,33+,35-,36+,37?,38?,39+,42?,43-,44-,45+/m0/s1. The van der Waals surface area contributed by atoms with E-state index in [2.05, 4.69) is 16.0 Å². The van der Waals surface area contributed by atoms with E-state index in [1.807, 2.05) is 45.9 Å². The third kappa shape index (κ3) is 14.9. The van der Waals surface area contributed by atoms with Crippen LogP contribution < -0.4 is 16.0 Å². The second-order valence-corrected chi connectivity index (χ2v) is 20.6. The average Bonchev–Trinajstić information content (AvgIpc) is 4.06. The predicted molar refractivity (Wildman–Crippen MR) is 257 cm³/mol. The number of benzene rings is 1. The zero-order chi connectivity index (χ0) is 50.5. The van der Waals surface area contributed by atoms with Gasteiger partial charge in [0.1, 0.15) is 23.7 Å². The number of carboxylic acids is 1. The van der Waals surface area contributed by atoms with Crippen molar-refractivity contribution in [3.63, 3.8) is 0 Å². The summed E-state index contributed by atoms with van der Waals surface area (Å²) in [5, 5.41) is 18.5. The molecule has 2 bridgehead atoms. The quantitative estimate of drug-likeness (QED) is 0.0921. The summed E-state index contributed by atoms with van der Waals surface area (Å²) in [7, 11) is 4.70. The van der Waals surface area contributed by atoms with Gasteiger partial charge in [0.05, 0.1) is 36.6 Å². The van der Waals surface area contributed by atoms with Crippen LogP contribution in [0.1, 0.15) is 132 Å². The molecule has 2 heterocycles. The molecule has 4 N–H and O–H groups in total. The number of alkyl carbamates (subject to hydrolysis) is 1. The number of rotatable bonds is 25. The fourth-order valence-corrected chi connectivity index (χ4v) is 10.5. The van der Waals surface area contributed by atoms with Crippen LogP contribution in [0.5, 0.6) is 0 Å². The minimum atomic E-state index is -1.15. The molecule has 11 atom stereocenters. The molecule has 3 unspecified atom stereocenters. The smallest absolute Gasteiger partial charge is 0.407 e. The maximum atomic E-state index is 14.7. The average molecular weight is 955 g/mol. The normalized spacial score (nSPS) is 22.1. The number of hydrogen-bond donors (Lipinski definition) is 4. The number of ether oxygens (including phenoxy) is 3. The zero-order valence-electron chi connectivity index (χ0n) is 42.6. The number of aliphatic carboxylic acids is 1. The van der Waals surface area contributed by atoms with E-state index >= 15 is 0 Å². The number of unbranched alkanes of at least 4 members (excludes halogenated alkanes) is 2. The third-order valence-corrected chi connectivity index (χ3v) is 14.3. The van der Waals surface area contributed by atoms with Gasteiger partial charge in [-0.3, -0.25) is 24.0 Å². The van der Waals surface area contributed by atoms with Crippen LogP contribution in [0.2, 0.25) is 0 Å². The number of nitrogens with one attached hydrogen (secondary N) is 3. The van der Waals surface area contributed by atoms with E-state index in [1.165, 1.54) is 14.2 Å². The first-order valence-corrected chi connectivity index (χ1v) is 24.9. The minimum Gasteiger partial charge on any atom is -0.480 e. The first-order valence-electron chi connectivity index (χ1n) is 24.9. The molecule has 4 rings (SSSR count). The monoisotopic (exact) mass is 955 g/mol. The van der Waals surface area contributed by atoms with E-state index < -0.39 is 71.9 Å². The van der Waals surface area contributed by atoms with Crippen LogP contribution in [0, 0.1) is 23.7 Å². The Morgan fingerprint density at radius 3 is 2.19 bits per heavy atom. The second kappa shape index (κ2) is 25.7. The molecule has 17 nitrogen and oxygen atoms in total. The summed E-state index contributed by atoms with van der Waals surface area (Å²) in [6.07, 6.45) is 4.78. The molecular weight excluding hydrogens is 873 g/mol. The number of nitrogens with zero attached hydrogens (tertiary/aromatic N) is 3. The van der Waals surface area contributed by atoms with E-state index in [-0.39, 0.29) is 66.7 Å². The van der Waals surface area contributed by atoms with Crippen molar-refractivity contribution in [1.82, 2.24) is 30.7 Å². The van der Waals surface area contributed by atoms with Gasteiger partial charge in [0.2, 0.25) is 29.5 Å². The summed E-state index contributed by atoms with van der Waals surface area (Å²) >= 11 is 0. The van der Waals surface area contributed by atoms with Crippen molar-refractivity contribution in [3.8, 4) is 0 Å². The molecule has 0 spiro atoms. The molecule has 1 aliphatic carbocycles. The molecule has 6 amide bonds. The maximum Gasteiger partial charge on any atom is 0.407 e. The van der Waals surface area contributed by atoms with Gasteiger partial charge in [0, 0.05) is 53.2 Å². The first-order chi connectivity index (χ1) is 32.1. The molecule has 17 heteroatoms. The number of likely N-dealkylation sites (N-methyl/N-ethyl adjacent to an activating group) is 1. The van der Waals surface area contributed by atoms with Crippen molar-refractivity contribution in [2.24, 2.45) is 23.7 Å². The van der Waals surface area contributed by atoms with Gasteiger partial charge in [0.25, 0.3) is 0 Å². The van der Waals surface area contributed by atoms with Crippen LogP contribution >= 0.6 is 0 Å². The number of likely N-dealkylation sites (tertiary alicyclic amines) is 2. The van der Waals surface area contributed by atoms with Gasteiger partial charge in [-0.1, -0.05) is 77.8 Å². The molecule has 1 aromatic rings. The van der Waals surface area contributed by atoms with Crippen LogP contribution in [0.25, 0.3) is 0 Å². The minimum absolute atomic E-state index is 0.00477. The predicted octanol–water partition coefficient (Wildman–Crippen LogP) is 5.32. The third-order valence-electron chi connectivity index (χ3n) is 14.3. The lowest BCUT2D eigenvalue weighted by Gasteiger charge is -2.41. The van der Waals surface area contributed by atoms with E-state index in [4.69, 9.17) is 14.2 Å². The fraction of sp³-hybridized carbons (Fsp3) is 0.745. The van der Waals surface area contributed by atoms with E-state index in [0.29, 0.717) is 45.2 Å². The molecule has 3 aliphatic rings. The van der Waals surface area contributed by atoms with Gasteiger partial charge < -0.3 is 50.0 Å². The summed E-state index contributed by atoms with van der Waals surface area (Å²) in [5.74, 6) is -3.79. The first kappa shape index (κ1) is 55.8. The largest absolute Gasteiger partial charge is 0.480 e. The Hall–Kier alpha value is -4.77. The van der Waals surface area contributed by atoms with Crippen molar-refractivity contribution in [2.45, 2.75) is 186 Å². The van der Waals surface area contributed by atoms with Crippen LogP contribution in [0.4, 0.5) is 4.79 Å². The SMILES string of the molecule is CC[C@H](C)[C@@H]([C@@H](CC(=O)N1CCCC1[C@H](OC)[C@@H](C)C(=O)NC(Cc1ccccc1)C(=O)O)OC)N(C)C(=O)C(NC(=O)[C@@H]1[C@H]2CC[C@H](C2)N1C(=O)CCCCCNC(=O)OC(C)(C)C)C(C)C. The Labute approximate surface area is 404 Å². The van der Waals surface area contributed by atoms with Crippen LogP contribution in [-0.2, 0) is 49.4 Å². The van der Waals surface area contributed by atoms with Gasteiger partial charge in [-0.15, -0.1) is 0 Å². The van der Waals surface area contributed by atoms with E-state index in [1.54, 1.807) is 61.6 Å². The van der Waals surface area contributed by atoms with Crippen molar-refractivity contribution >= 4 is 41.6 Å². The van der Waals surface area contributed by atoms with Gasteiger partial charge in [-0.05, 0) is 89.0 Å². The van der Waals surface area contributed by atoms with Gasteiger partial charge >= 0.3 is 12.1 Å². The van der Waals surface area contributed by atoms with Crippen molar-refractivity contribution < 1.29 is 52.9 Å². The highest BCUT2D eigenvalue weighted by Crippen LogP contribution is 2.43. The molecule has 1 saturated carbocycles. The Bertz CT molecular complexity index is 1860. The van der Waals surface area contributed by atoms with Crippen molar-refractivity contribution in [1.29, 1.82) is 0 Å². The molecule has 0 aromatic heterocycles. The van der Waals surface area contributed by atoms with Crippen LogP contribution in [0.3, 0.4) is 0 Å². The highest BCUT2D eigenvalue weighted by atomic mass is 16.6. The summed E-state index contributed by atoms with van der Waals surface area (Å²) < 4.78 is 17.3. The lowest BCUT2D eigenvalue weighted by atomic mass is 9.89. The summed E-state index contributed by atoms with van der Waals surface area (Å²) in [6, 6.07) is 5.30. The second-order valence-electron chi connectivity index (χ2n) is 20.6. The van der Waals surface area contributed by atoms with E-state index in [9.17, 15) is 38.7 Å². The number of piperidine rings is 1. The Morgan fingerprint density at radius 1 is 0.897 bits per heavy atom. The lowest BCUT2D eigenvalue weighted by Crippen LogP contribution is -2.60.